The molecule has 1 aromatic rings. The molecule has 2 rings (SSSR count). The Bertz CT molecular complexity index is 288. The van der Waals surface area contributed by atoms with Gasteiger partial charge in [-0.15, -0.1) is 5.10 Å². The first kappa shape index (κ1) is 8.53. The van der Waals surface area contributed by atoms with Crippen molar-refractivity contribution in [2.24, 2.45) is 5.41 Å². The van der Waals surface area contributed by atoms with Gasteiger partial charge in [-0.25, -0.2) is 4.98 Å². The van der Waals surface area contributed by atoms with Gasteiger partial charge in [-0.05, 0) is 31.1 Å². The van der Waals surface area contributed by atoms with Gasteiger partial charge in [0.05, 0.1) is 0 Å². The van der Waals surface area contributed by atoms with E-state index in [2.05, 4.69) is 17.0 Å². The summed E-state index contributed by atoms with van der Waals surface area (Å²) in [4.78, 5) is 3.88. The molecule has 0 amide bonds. The third-order valence-corrected chi connectivity index (χ3v) is 2.83. The van der Waals surface area contributed by atoms with Crippen LogP contribution in [-0.4, -0.2) is 14.8 Å². The van der Waals surface area contributed by atoms with Crippen LogP contribution in [-0.2, 0) is 6.54 Å². The Morgan fingerprint density at radius 1 is 1.62 bits per heavy atom. The highest BCUT2D eigenvalue weighted by atomic mass is 15.3. The minimum Gasteiger partial charge on any atom is -0.367 e. The quantitative estimate of drug-likeness (QED) is 0.762. The zero-order valence-electron chi connectivity index (χ0n) is 8.03. The van der Waals surface area contributed by atoms with Crippen LogP contribution in [0.25, 0.3) is 0 Å². The number of aryl methyl sites for hydroxylation is 1. The van der Waals surface area contributed by atoms with Crippen LogP contribution >= 0.6 is 0 Å². The van der Waals surface area contributed by atoms with Crippen molar-refractivity contribution in [3.05, 3.63) is 6.33 Å². The summed E-state index contributed by atoms with van der Waals surface area (Å²) in [6.07, 6.45) is 6.97. The molecule has 72 valence electrons. The number of aromatic nitrogens is 3. The van der Waals surface area contributed by atoms with Crippen LogP contribution in [0.1, 0.15) is 32.6 Å². The summed E-state index contributed by atoms with van der Waals surface area (Å²) in [6.45, 7) is 3.29. The van der Waals surface area contributed by atoms with Gasteiger partial charge in [-0.2, -0.15) is 0 Å². The smallest absolute Gasteiger partial charge is 0.239 e. The van der Waals surface area contributed by atoms with Crippen molar-refractivity contribution in [2.45, 2.75) is 39.2 Å². The van der Waals surface area contributed by atoms with Crippen molar-refractivity contribution >= 4 is 5.95 Å². The topological polar surface area (TPSA) is 56.7 Å². The molecule has 1 aliphatic rings. The highest BCUT2D eigenvalue weighted by Crippen LogP contribution is 2.48. The molecule has 1 fully saturated rings. The molecule has 1 aliphatic carbocycles. The van der Waals surface area contributed by atoms with Gasteiger partial charge < -0.3 is 5.73 Å². The maximum atomic E-state index is 5.41. The largest absolute Gasteiger partial charge is 0.367 e. The third kappa shape index (κ3) is 2.20. The van der Waals surface area contributed by atoms with E-state index in [-0.39, 0.29) is 0 Å². The number of hydrogen-bond acceptors (Lipinski definition) is 3. The molecule has 1 aromatic heterocycles. The van der Waals surface area contributed by atoms with E-state index in [1.165, 1.54) is 25.7 Å². The zero-order chi connectivity index (χ0) is 9.31. The fraction of sp³-hybridized carbons (Fsp3) is 0.778. The molecule has 13 heavy (non-hydrogen) atoms. The molecule has 2 N–H and O–H groups in total. The molecule has 0 aliphatic heterocycles. The monoisotopic (exact) mass is 180 g/mol. The lowest BCUT2D eigenvalue weighted by Crippen LogP contribution is -2.02. The van der Waals surface area contributed by atoms with E-state index >= 15 is 0 Å². The van der Waals surface area contributed by atoms with Crippen LogP contribution in [0.15, 0.2) is 6.33 Å². The van der Waals surface area contributed by atoms with Gasteiger partial charge in [0, 0.05) is 6.54 Å². The van der Waals surface area contributed by atoms with Crippen molar-refractivity contribution < 1.29 is 0 Å². The molecular formula is C9H16N4. The minimum absolute atomic E-state index is 0.373. The Morgan fingerprint density at radius 3 is 2.92 bits per heavy atom. The van der Waals surface area contributed by atoms with Crippen molar-refractivity contribution in [1.29, 1.82) is 0 Å². The van der Waals surface area contributed by atoms with Crippen molar-refractivity contribution in [3.63, 3.8) is 0 Å². The second-order valence-corrected chi connectivity index (χ2v) is 4.28. The number of anilines is 1. The van der Waals surface area contributed by atoms with Gasteiger partial charge in [-0.1, -0.05) is 6.92 Å². The lowest BCUT2D eigenvalue weighted by Gasteiger charge is -2.06. The van der Waals surface area contributed by atoms with E-state index in [9.17, 15) is 0 Å². The highest BCUT2D eigenvalue weighted by Gasteiger charge is 2.36. The van der Waals surface area contributed by atoms with Crippen molar-refractivity contribution in [3.8, 4) is 0 Å². The molecular weight excluding hydrogens is 164 g/mol. The molecule has 0 atom stereocenters. The van der Waals surface area contributed by atoms with E-state index < -0.39 is 0 Å². The molecule has 4 heteroatoms. The molecule has 0 spiro atoms. The lowest BCUT2D eigenvalue weighted by atomic mass is 10.0. The normalized spacial score (nSPS) is 18.8. The second-order valence-electron chi connectivity index (χ2n) is 4.28. The Balaban J connectivity index is 1.73. The highest BCUT2D eigenvalue weighted by molar-refractivity contribution is 5.09. The molecule has 0 unspecified atom stereocenters. The number of rotatable bonds is 4. The van der Waals surface area contributed by atoms with E-state index in [4.69, 9.17) is 5.73 Å². The second kappa shape index (κ2) is 3.01. The van der Waals surface area contributed by atoms with Crippen LogP contribution in [0, 0.1) is 5.41 Å². The Morgan fingerprint density at radius 2 is 2.38 bits per heavy atom. The summed E-state index contributed by atoms with van der Waals surface area (Å²) in [6, 6.07) is 0. The maximum absolute atomic E-state index is 5.41. The summed E-state index contributed by atoms with van der Waals surface area (Å²) in [5, 5.41) is 4.03. The molecule has 0 radical (unpaired) electrons. The standard InChI is InChI=1S/C9H16N4/c1-9(4-5-9)3-2-6-13-7-11-8(10)12-13/h7H,2-6H2,1H3,(H2,10,12). The van der Waals surface area contributed by atoms with Crippen LogP contribution in [0.5, 0.6) is 0 Å². The first-order chi connectivity index (χ1) is 6.18. The first-order valence-electron chi connectivity index (χ1n) is 4.83. The van der Waals surface area contributed by atoms with Crippen molar-refractivity contribution in [2.75, 3.05) is 5.73 Å². The van der Waals surface area contributed by atoms with Crippen LogP contribution < -0.4 is 5.73 Å². The van der Waals surface area contributed by atoms with Gasteiger partial charge >= 0.3 is 0 Å². The van der Waals surface area contributed by atoms with Gasteiger partial charge in [0.2, 0.25) is 5.95 Å². The number of nitrogens with zero attached hydrogens (tertiary/aromatic N) is 3. The zero-order valence-corrected chi connectivity index (χ0v) is 8.03. The summed E-state index contributed by atoms with van der Waals surface area (Å²) < 4.78 is 1.82. The van der Waals surface area contributed by atoms with Gasteiger partial charge in [0.1, 0.15) is 6.33 Å². The van der Waals surface area contributed by atoms with E-state index in [0.29, 0.717) is 11.4 Å². The fourth-order valence-corrected chi connectivity index (χ4v) is 1.55. The van der Waals surface area contributed by atoms with Crippen LogP contribution in [0.2, 0.25) is 0 Å². The molecule has 1 heterocycles. The number of nitrogens with two attached hydrogens (primary N) is 1. The van der Waals surface area contributed by atoms with E-state index in [1.807, 2.05) is 4.68 Å². The van der Waals surface area contributed by atoms with E-state index in [0.717, 1.165) is 6.54 Å². The average Bonchev–Trinajstić information content (AvgIpc) is 2.65. The third-order valence-electron chi connectivity index (χ3n) is 2.83. The Hall–Kier alpha value is -1.06. The summed E-state index contributed by atoms with van der Waals surface area (Å²) in [5.74, 6) is 0.373. The number of nitrogen functional groups attached to an aromatic ring is 1. The molecule has 0 aromatic carbocycles. The van der Waals surface area contributed by atoms with Gasteiger partial charge in [0.25, 0.3) is 0 Å². The Kier molecular flexibility index (Phi) is 1.98. The van der Waals surface area contributed by atoms with E-state index in [1.54, 1.807) is 6.33 Å². The predicted octanol–water partition coefficient (Wildman–Crippen LogP) is 1.44. The maximum Gasteiger partial charge on any atom is 0.239 e. The van der Waals surface area contributed by atoms with Crippen LogP contribution in [0.4, 0.5) is 5.95 Å². The molecule has 1 saturated carbocycles. The van der Waals surface area contributed by atoms with Crippen LogP contribution in [0.3, 0.4) is 0 Å². The number of hydrogen-bond donors (Lipinski definition) is 1. The predicted molar refractivity (Wildman–Crippen MR) is 51.0 cm³/mol. The lowest BCUT2D eigenvalue weighted by molar-refractivity contribution is 0.450. The summed E-state index contributed by atoms with van der Waals surface area (Å²) >= 11 is 0. The SMILES string of the molecule is CC1(CCCn2cnc(N)n2)CC1. The average molecular weight is 180 g/mol. The fourth-order valence-electron chi connectivity index (χ4n) is 1.55. The Labute approximate surface area is 78.1 Å². The minimum atomic E-state index is 0.373. The van der Waals surface area contributed by atoms with Gasteiger partial charge in [-0.3, -0.25) is 4.68 Å². The summed E-state index contributed by atoms with van der Waals surface area (Å²) in [5.41, 5.74) is 6.05. The first-order valence-corrected chi connectivity index (χ1v) is 4.83. The molecule has 0 saturated heterocycles. The summed E-state index contributed by atoms with van der Waals surface area (Å²) in [7, 11) is 0. The van der Waals surface area contributed by atoms with Crippen molar-refractivity contribution in [1.82, 2.24) is 14.8 Å². The molecule has 4 nitrogen and oxygen atoms in total. The molecule has 0 bridgehead atoms. The van der Waals surface area contributed by atoms with Gasteiger partial charge in [0.15, 0.2) is 0 Å².